The third kappa shape index (κ3) is 2.29. The first kappa shape index (κ1) is 14.1. The Morgan fingerprint density at radius 1 is 0.773 bits per heavy atom. The van der Waals surface area contributed by atoms with Crippen LogP contribution in [0.3, 0.4) is 0 Å². The van der Waals surface area contributed by atoms with Crippen LogP contribution in [-0.4, -0.2) is 23.1 Å². The van der Waals surface area contributed by atoms with Crippen molar-refractivity contribution in [2.24, 2.45) is 5.92 Å². The number of fused-ring (bicyclic) bond motifs is 1. The molecule has 1 aliphatic carbocycles. The van der Waals surface area contributed by atoms with Crippen LogP contribution in [0.15, 0.2) is 54.6 Å². The van der Waals surface area contributed by atoms with E-state index in [4.69, 9.17) is 0 Å². The zero-order valence-corrected chi connectivity index (χ0v) is 11.6. The quantitative estimate of drug-likeness (QED) is 0.495. The van der Waals surface area contributed by atoms with E-state index >= 15 is 0 Å². The summed E-state index contributed by atoms with van der Waals surface area (Å²) in [5.41, 5.74) is 0.772. The highest BCUT2D eigenvalue weighted by molar-refractivity contribution is 6.52. The van der Waals surface area contributed by atoms with Crippen molar-refractivity contribution in [2.45, 2.75) is 6.42 Å². The summed E-state index contributed by atoms with van der Waals surface area (Å²) >= 11 is 0. The zero-order chi connectivity index (χ0) is 15.7. The van der Waals surface area contributed by atoms with Crippen LogP contribution in [0.2, 0.25) is 0 Å². The molecule has 2 aromatic rings. The highest BCUT2D eigenvalue weighted by Crippen LogP contribution is 2.26. The lowest BCUT2D eigenvalue weighted by Crippen LogP contribution is -2.38. The molecule has 0 heterocycles. The molecule has 0 bridgehead atoms. The molecule has 1 aliphatic rings. The van der Waals surface area contributed by atoms with Gasteiger partial charge in [-0.1, -0.05) is 54.6 Å². The summed E-state index contributed by atoms with van der Waals surface area (Å²) in [5.74, 6) is -3.48. The van der Waals surface area contributed by atoms with Crippen molar-refractivity contribution in [3.8, 4) is 0 Å². The summed E-state index contributed by atoms with van der Waals surface area (Å²) in [6.45, 7) is 0. The molecule has 0 spiro atoms. The van der Waals surface area contributed by atoms with E-state index in [1.54, 1.807) is 42.5 Å². The van der Waals surface area contributed by atoms with Crippen LogP contribution in [0.4, 0.5) is 0 Å². The number of carbonyl (C=O) groups is 4. The summed E-state index contributed by atoms with van der Waals surface area (Å²) in [7, 11) is 0. The average molecular weight is 292 g/mol. The molecule has 22 heavy (non-hydrogen) atoms. The summed E-state index contributed by atoms with van der Waals surface area (Å²) in [5, 5.41) is 0. The molecule has 2 aromatic carbocycles. The van der Waals surface area contributed by atoms with E-state index in [0.717, 1.165) is 0 Å². The highest BCUT2D eigenvalue weighted by Gasteiger charge is 2.40. The largest absolute Gasteiger partial charge is 0.294 e. The van der Waals surface area contributed by atoms with Crippen molar-refractivity contribution in [3.63, 3.8) is 0 Å². The first-order valence-electron chi connectivity index (χ1n) is 6.89. The Morgan fingerprint density at radius 2 is 1.36 bits per heavy atom. The fourth-order valence-corrected chi connectivity index (χ4v) is 2.61. The van der Waals surface area contributed by atoms with Gasteiger partial charge in [-0.2, -0.15) is 0 Å². The van der Waals surface area contributed by atoms with Crippen molar-refractivity contribution in [3.05, 3.63) is 71.3 Å². The molecule has 0 saturated carbocycles. The van der Waals surface area contributed by atoms with Crippen LogP contribution in [0.1, 0.15) is 37.5 Å². The van der Waals surface area contributed by atoms with E-state index in [0.29, 0.717) is 5.56 Å². The van der Waals surface area contributed by atoms with E-state index in [-0.39, 0.29) is 23.3 Å². The van der Waals surface area contributed by atoms with Crippen molar-refractivity contribution >= 4 is 23.1 Å². The first-order valence-corrected chi connectivity index (χ1v) is 6.89. The third-order valence-corrected chi connectivity index (χ3v) is 3.78. The Labute approximate surface area is 126 Å². The molecule has 0 amide bonds. The molecule has 3 rings (SSSR count). The predicted molar refractivity (Wildman–Crippen MR) is 79.0 cm³/mol. The van der Waals surface area contributed by atoms with Gasteiger partial charge in [0.1, 0.15) is 0 Å². The Balaban J connectivity index is 1.92. The molecule has 4 nitrogen and oxygen atoms in total. The monoisotopic (exact) mass is 292 g/mol. The normalized spacial score (nSPS) is 17.3. The lowest BCUT2D eigenvalue weighted by Gasteiger charge is -2.20. The van der Waals surface area contributed by atoms with Gasteiger partial charge in [0.2, 0.25) is 11.6 Å². The van der Waals surface area contributed by atoms with E-state index in [1.165, 1.54) is 12.1 Å². The fraction of sp³-hybridized carbons (Fsp3) is 0.111. The van der Waals surface area contributed by atoms with Crippen LogP contribution in [0, 0.1) is 5.92 Å². The summed E-state index contributed by atoms with van der Waals surface area (Å²) in [6, 6.07) is 14.6. The summed E-state index contributed by atoms with van der Waals surface area (Å²) in [4.78, 5) is 48.8. The molecule has 108 valence electrons. The van der Waals surface area contributed by atoms with Gasteiger partial charge in [-0.15, -0.1) is 0 Å². The van der Waals surface area contributed by atoms with Crippen molar-refractivity contribution < 1.29 is 19.2 Å². The highest BCUT2D eigenvalue weighted by atomic mass is 16.2. The average Bonchev–Trinajstić information content (AvgIpc) is 2.57. The molecule has 0 radical (unpaired) electrons. The molecule has 0 fully saturated rings. The molecule has 0 saturated heterocycles. The van der Waals surface area contributed by atoms with Gasteiger partial charge in [0.05, 0.1) is 5.92 Å². The van der Waals surface area contributed by atoms with Gasteiger partial charge in [0.25, 0.3) is 0 Å². The van der Waals surface area contributed by atoms with Gasteiger partial charge in [-0.05, 0) is 0 Å². The summed E-state index contributed by atoms with van der Waals surface area (Å²) in [6.07, 6.45) is -0.276. The SMILES string of the molecule is O=C(CC1C(=O)C(=O)c2ccccc2C1=O)c1ccccc1. The van der Waals surface area contributed by atoms with Crippen LogP contribution < -0.4 is 0 Å². The van der Waals surface area contributed by atoms with E-state index in [2.05, 4.69) is 0 Å². The second-order valence-electron chi connectivity index (χ2n) is 5.15. The minimum atomic E-state index is -1.21. The van der Waals surface area contributed by atoms with Gasteiger partial charge in [0.15, 0.2) is 11.6 Å². The Morgan fingerprint density at radius 3 is 2.05 bits per heavy atom. The Bertz CT molecular complexity index is 790. The Kier molecular flexibility index (Phi) is 3.51. The Hall–Kier alpha value is -2.88. The predicted octanol–water partition coefficient (Wildman–Crippen LogP) is 2.52. The molecule has 0 N–H and O–H groups in total. The van der Waals surface area contributed by atoms with Crippen molar-refractivity contribution in [1.29, 1.82) is 0 Å². The third-order valence-electron chi connectivity index (χ3n) is 3.78. The molecular weight excluding hydrogens is 280 g/mol. The van der Waals surface area contributed by atoms with Crippen LogP contribution in [0.5, 0.6) is 0 Å². The standard InChI is InChI=1S/C18H12O4/c19-15(11-6-2-1-3-7-11)10-14-16(20)12-8-4-5-9-13(12)17(21)18(14)22/h1-9,14H,10H2. The topological polar surface area (TPSA) is 68.3 Å². The lowest BCUT2D eigenvalue weighted by atomic mass is 9.78. The smallest absolute Gasteiger partial charge is 0.230 e. The van der Waals surface area contributed by atoms with Crippen LogP contribution >= 0.6 is 0 Å². The molecule has 1 unspecified atom stereocenters. The maximum Gasteiger partial charge on any atom is 0.230 e. The minimum absolute atomic E-state index is 0.126. The fourth-order valence-electron chi connectivity index (χ4n) is 2.61. The number of Topliss-reactive ketones (excluding diaryl/α,β-unsaturated/α-hetero) is 4. The second kappa shape index (κ2) is 5.48. The van der Waals surface area contributed by atoms with Crippen molar-refractivity contribution in [1.82, 2.24) is 0 Å². The van der Waals surface area contributed by atoms with E-state index in [9.17, 15) is 19.2 Å². The number of benzene rings is 2. The molecular formula is C18H12O4. The molecule has 0 aliphatic heterocycles. The van der Waals surface area contributed by atoms with Crippen LogP contribution in [-0.2, 0) is 4.79 Å². The van der Waals surface area contributed by atoms with Crippen LogP contribution in [0.25, 0.3) is 0 Å². The number of carbonyl (C=O) groups excluding carboxylic acids is 4. The number of hydrogen-bond acceptors (Lipinski definition) is 4. The maximum absolute atomic E-state index is 12.4. The van der Waals surface area contributed by atoms with Gasteiger partial charge >= 0.3 is 0 Å². The van der Waals surface area contributed by atoms with E-state index in [1.807, 2.05) is 0 Å². The second-order valence-corrected chi connectivity index (χ2v) is 5.15. The summed E-state index contributed by atoms with van der Waals surface area (Å²) < 4.78 is 0. The number of rotatable bonds is 3. The zero-order valence-electron chi connectivity index (χ0n) is 11.6. The maximum atomic E-state index is 12.4. The van der Waals surface area contributed by atoms with Gasteiger partial charge in [0, 0.05) is 23.1 Å². The number of ketones is 4. The van der Waals surface area contributed by atoms with E-state index < -0.39 is 23.3 Å². The molecule has 4 heteroatoms. The minimum Gasteiger partial charge on any atom is -0.294 e. The molecule has 0 aromatic heterocycles. The van der Waals surface area contributed by atoms with Crippen molar-refractivity contribution in [2.75, 3.05) is 0 Å². The molecule has 1 atom stereocenters. The van der Waals surface area contributed by atoms with Gasteiger partial charge in [-0.25, -0.2) is 0 Å². The van der Waals surface area contributed by atoms with Gasteiger partial charge < -0.3 is 0 Å². The lowest BCUT2D eigenvalue weighted by molar-refractivity contribution is -0.117. The van der Waals surface area contributed by atoms with Gasteiger partial charge in [-0.3, -0.25) is 19.2 Å². The number of hydrogen-bond donors (Lipinski definition) is 0. The first-order chi connectivity index (χ1) is 10.6.